The van der Waals surface area contributed by atoms with Gasteiger partial charge in [0.05, 0.1) is 6.04 Å². The number of carbonyl (C=O) groups is 2. The van der Waals surface area contributed by atoms with Gasteiger partial charge in [0, 0.05) is 32.0 Å². The molecule has 0 spiro atoms. The van der Waals surface area contributed by atoms with E-state index in [1.807, 2.05) is 35.2 Å². The molecule has 1 aliphatic carbocycles. The van der Waals surface area contributed by atoms with Gasteiger partial charge in [-0.2, -0.15) is 0 Å². The summed E-state index contributed by atoms with van der Waals surface area (Å²) in [4.78, 5) is 26.3. The fraction of sp³-hybridized carbons (Fsp3) is 0.579. The van der Waals surface area contributed by atoms with Gasteiger partial charge in [0.1, 0.15) is 0 Å². The van der Waals surface area contributed by atoms with E-state index in [-0.39, 0.29) is 29.8 Å². The molecule has 0 radical (unpaired) electrons. The van der Waals surface area contributed by atoms with Crippen molar-refractivity contribution < 1.29 is 9.59 Å². The Hall–Kier alpha value is -1.88. The predicted molar refractivity (Wildman–Crippen MR) is 93.1 cm³/mol. The summed E-state index contributed by atoms with van der Waals surface area (Å²) in [5.74, 6) is 0.510. The molecule has 5 heteroatoms. The van der Waals surface area contributed by atoms with Gasteiger partial charge in [0.25, 0.3) is 0 Å². The van der Waals surface area contributed by atoms with Gasteiger partial charge in [-0.15, -0.1) is 0 Å². The Labute approximate surface area is 143 Å². The van der Waals surface area contributed by atoms with Gasteiger partial charge in [-0.3, -0.25) is 9.59 Å². The number of benzene rings is 1. The van der Waals surface area contributed by atoms with Crippen LogP contribution >= 0.6 is 0 Å². The molecule has 1 heterocycles. The fourth-order valence-corrected chi connectivity index (χ4v) is 3.85. The van der Waals surface area contributed by atoms with Crippen LogP contribution in [-0.4, -0.2) is 35.8 Å². The summed E-state index contributed by atoms with van der Waals surface area (Å²) in [6.45, 7) is 1.33. The molecule has 130 valence electrons. The number of nitrogens with two attached hydrogens (primary N) is 1. The molecule has 3 rings (SSSR count). The summed E-state index contributed by atoms with van der Waals surface area (Å²) in [7, 11) is 0. The molecule has 0 bridgehead atoms. The third-order valence-corrected chi connectivity index (χ3v) is 5.28. The van der Waals surface area contributed by atoms with E-state index >= 15 is 0 Å². The van der Waals surface area contributed by atoms with Crippen molar-refractivity contribution in [3.63, 3.8) is 0 Å². The van der Waals surface area contributed by atoms with Crippen LogP contribution in [0.4, 0.5) is 0 Å². The maximum Gasteiger partial charge on any atom is 0.222 e. The van der Waals surface area contributed by atoms with E-state index in [9.17, 15) is 9.59 Å². The fourth-order valence-electron chi connectivity index (χ4n) is 3.85. The number of hydrogen-bond donors (Lipinski definition) is 2. The van der Waals surface area contributed by atoms with Crippen molar-refractivity contribution >= 4 is 11.8 Å². The van der Waals surface area contributed by atoms with E-state index in [4.69, 9.17) is 5.73 Å². The minimum Gasteiger partial charge on any atom is -0.347 e. The van der Waals surface area contributed by atoms with E-state index < -0.39 is 0 Å². The van der Waals surface area contributed by atoms with Crippen LogP contribution in [0.2, 0.25) is 0 Å². The summed E-state index contributed by atoms with van der Waals surface area (Å²) in [6, 6.07) is 9.89. The first-order chi connectivity index (χ1) is 11.6. The zero-order valence-electron chi connectivity index (χ0n) is 14.1. The molecule has 0 aromatic heterocycles. The molecule has 2 fully saturated rings. The molecule has 1 aliphatic heterocycles. The Morgan fingerprint density at radius 1 is 1.25 bits per heavy atom. The van der Waals surface area contributed by atoms with Gasteiger partial charge in [-0.25, -0.2) is 0 Å². The predicted octanol–water partition coefficient (Wildman–Crippen LogP) is 1.98. The highest BCUT2D eigenvalue weighted by Crippen LogP contribution is 2.27. The average molecular weight is 329 g/mol. The average Bonchev–Trinajstić information content (AvgIpc) is 3.17. The van der Waals surface area contributed by atoms with Crippen molar-refractivity contribution in [1.29, 1.82) is 0 Å². The Bertz CT molecular complexity index is 575. The van der Waals surface area contributed by atoms with Gasteiger partial charge < -0.3 is 16.0 Å². The highest BCUT2D eigenvalue weighted by atomic mass is 16.2. The van der Waals surface area contributed by atoms with E-state index in [0.29, 0.717) is 19.4 Å². The summed E-state index contributed by atoms with van der Waals surface area (Å²) in [5, 5.41) is 3.14. The first-order valence-corrected chi connectivity index (χ1v) is 9.01. The normalized spacial score (nSPS) is 25.0. The van der Waals surface area contributed by atoms with Gasteiger partial charge in [0.15, 0.2) is 0 Å². The summed E-state index contributed by atoms with van der Waals surface area (Å²) < 4.78 is 0. The number of amides is 2. The topological polar surface area (TPSA) is 75.4 Å². The highest BCUT2D eigenvalue weighted by Gasteiger charge is 2.29. The van der Waals surface area contributed by atoms with Crippen molar-refractivity contribution in [2.75, 3.05) is 13.1 Å². The van der Waals surface area contributed by atoms with Crippen LogP contribution in [0.15, 0.2) is 30.3 Å². The van der Waals surface area contributed by atoms with Crippen LogP contribution in [-0.2, 0) is 9.59 Å². The summed E-state index contributed by atoms with van der Waals surface area (Å²) in [6.07, 6.45) is 5.18. The van der Waals surface area contributed by atoms with E-state index in [1.54, 1.807) is 0 Å². The summed E-state index contributed by atoms with van der Waals surface area (Å²) >= 11 is 0. The second kappa shape index (κ2) is 7.79. The number of nitrogens with zero attached hydrogens (tertiary/aromatic N) is 1. The molecular weight excluding hydrogens is 302 g/mol. The Morgan fingerprint density at radius 2 is 2.04 bits per heavy atom. The van der Waals surface area contributed by atoms with Crippen molar-refractivity contribution in [2.24, 2.45) is 11.7 Å². The van der Waals surface area contributed by atoms with Crippen LogP contribution in [0.25, 0.3) is 0 Å². The number of likely N-dealkylation sites (tertiary alicyclic amines) is 1. The molecule has 2 amide bonds. The maximum absolute atomic E-state index is 12.5. The highest BCUT2D eigenvalue weighted by molar-refractivity contribution is 5.79. The van der Waals surface area contributed by atoms with Crippen molar-refractivity contribution in [2.45, 2.75) is 50.6 Å². The molecule has 1 unspecified atom stereocenters. The number of rotatable bonds is 6. The van der Waals surface area contributed by atoms with Crippen LogP contribution in [0.1, 0.15) is 50.1 Å². The van der Waals surface area contributed by atoms with Gasteiger partial charge in [-0.05, 0) is 30.7 Å². The molecule has 2 aliphatic rings. The molecule has 1 aromatic rings. The monoisotopic (exact) mass is 329 g/mol. The lowest BCUT2D eigenvalue weighted by Crippen LogP contribution is -2.40. The number of hydrogen-bond acceptors (Lipinski definition) is 3. The SMILES string of the molecule is N[C@@H]1CCC[C@H]1CC(=O)NC(CN1CCCC1=O)c1ccccc1. The third kappa shape index (κ3) is 4.15. The van der Waals surface area contributed by atoms with Crippen molar-refractivity contribution in [1.82, 2.24) is 10.2 Å². The first kappa shape index (κ1) is 17.0. The molecule has 3 atom stereocenters. The van der Waals surface area contributed by atoms with Crippen molar-refractivity contribution in [3.05, 3.63) is 35.9 Å². The standard InChI is InChI=1S/C19H27N3O2/c20-16-9-4-8-15(16)12-18(23)21-17(14-6-2-1-3-7-14)13-22-11-5-10-19(22)24/h1-3,6-7,15-17H,4-5,8-13,20H2,(H,21,23)/t15-,16+,17?/m0/s1. The zero-order chi connectivity index (χ0) is 16.9. The second-order valence-electron chi connectivity index (χ2n) is 7.03. The van der Waals surface area contributed by atoms with Gasteiger partial charge >= 0.3 is 0 Å². The Kier molecular flexibility index (Phi) is 5.51. The number of carbonyl (C=O) groups excluding carboxylic acids is 2. The molecule has 3 N–H and O–H groups in total. The van der Waals surface area contributed by atoms with Crippen LogP contribution in [0.5, 0.6) is 0 Å². The van der Waals surface area contributed by atoms with E-state index in [0.717, 1.165) is 37.8 Å². The van der Waals surface area contributed by atoms with Crippen LogP contribution in [0, 0.1) is 5.92 Å². The van der Waals surface area contributed by atoms with E-state index in [2.05, 4.69) is 5.32 Å². The third-order valence-electron chi connectivity index (χ3n) is 5.28. The molecule has 1 saturated carbocycles. The van der Waals surface area contributed by atoms with Crippen LogP contribution in [0.3, 0.4) is 0 Å². The lowest BCUT2D eigenvalue weighted by atomic mass is 9.99. The van der Waals surface area contributed by atoms with Crippen LogP contribution < -0.4 is 11.1 Å². The summed E-state index contributed by atoms with van der Waals surface area (Å²) in [5.41, 5.74) is 7.13. The number of nitrogens with one attached hydrogen (secondary N) is 1. The minimum atomic E-state index is -0.154. The Balaban J connectivity index is 1.65. The molecular formula is C19H27N3O2. The second-order valence-corrected chi connectivity index (χ2v) is 7.03. The van der Waals surface area contributed by atoms with E-state index in [1.165, 1.54) is 0 Å². The quantitative estimate of drug-likeness (QED) is 0.838. The zero-order valence-corrected chi connectivity index (χ0v) is 14.1. The van der Waals surface area contributed by atoms with Gasteiger partial charge in [-0.1, -0.05) is 36.8 Å². The van der Waals surface area contributed by atoms with Crippen molar-refractivity contribution in [3.8, 4) is 0 Å². The first-order valence-electron chi connectivity index (χ1n) is 9.01. The smallest absolute Gasteiger partial charge is 0.222 e. The molecule has 1 saturated heterocycles. The molecule has 5 nitrogen and oxygen atoms in total. The lowest BCUT2D eigenvalue weighted by Gasteiger charge is -2.26. The maximum atomic E-state index is 12.5. The van der Waals surface area contributed by atoms with Gasteiger partial charge in [0.2, 0.25) is 11.8 Å². The minimum absolute atomic E-state index is 0.0397. The largest absolute Gasteiger partial charge is 0.347 e. The molecule has 24 heavy (non-hydrogen) atoms. The lowest BCUT2D eigenvalue weighted by molar-refractivity contribution is -0.129. The Morgan fingerprint density at radius 3 is 2.67 bits per heavy atom. The molecule has 1 aromatic carbocycles.